The fraction of sp³-hybridized carbons (Fsp3) is 0.889. The minimum Gasteiger partial charge on any atom is -0.381 e. The van der Waals surface area contributed by atoms with E-state index in [2.05, 4.69) is 33.8 Å². The molecule has 0 N–H and O–H groups in total. The molecule has 3 unspecified atom stereocenters. The molecule has 0 bridgehead atoms. The van der Waals surface area contributed by atoms with Crippen LogP contribution in [-0.2, 0) is 4.74 Å². The molecule has 1 aliphatic rings. The Bertz CT molecular complexity index is 252. The average Bonchev–Trinajstić information content (AvgIpc) is 2.39. The number of hydrogen-bond donors (Lipinski definition) is 0. The van der Waals surface area contributed by atoms with Gasteiger partial charge in [0.15, 0.2) is 0 Å². The molecule has 0 radical (unpaired) electrons. The summed E-state index contributed by atoms with van der Waals surface area (Å²) in [7, 11) is 0. The average molecular weight is 266 g/mol. The minimum atomic E-state index is 0.828. The first-order valence-electron chi connectivity index (χ1n) is 8.34. The van der Waals surface area contributed by atoms with E-state index >= 15 is 0 Å². The monoisotopic (exact) mass is 266 g/mol. The summed E-state index contributed by atoms with van der Waals surface area (Å²) in [5, 5.41) is 0. The summed E-state index contributed by atoms with van der Waals surface area (Å²) in [6, 6.07) is 0. The van der Waals surface area contributed by atoms with Crippen LogP contribution in [0.1, 0.15) is 72.6 Å². The summed E-state index contributed by atoms with van der Waals surface area (Å²) < 4.78 is 5.60. The second-order valence-electron chi connectivity index (χ2n) is 6.69. The van der Waals surface area contributed by atoms with Crippen molar-refractivity contribution >= 4 is 0 Å². The van der Waals surface area contributed by atoms with E-state index in [1.54, 1.807) is 0 Å². The molecule has 1 aliphatic heterocycles. The van der Waals surface area contributed by atoms with Crippen molar-refractivity contribution in [2.24, 2.45) is 17.8 Å². The third-order valence-electron chi connectivity index (χ3n) is 4.64. The largest absolute Gasteiger partial charge is 0.381 e. The topological polar surface area (TPSA) is 9.23 Å². The van der Waals surface area contributed by atoms with E-state index in [1.807, 2.05) is 0 Å². The van der Waals surface area contributed by atoms with Gasteiger partial charge in [0.05, 0.1) is 0 Å². The van der Waals surface area contributed by atoms with E-state index in [9.17, 15) is 0 Å². The van der Waals surface area contributed by atoms with Gasteiger partial charge < -0.3 is 4.74 Å². The minimum absolute atomic E-state index is 0.828. The highest BCUT2D eigenvalue weighted by Crippen LogP contribution is 2.30. The van der Waals surface area contributed by atoms with Crippen LogP contribution in [0.15, 0.2) is 11.6 Å². The molecular formula is C18H34O. The Hall–Kier alpha value is -0.300. The first kappa shape index (κ1) is 16.8. The van der Waals surface area contributed by atoms with E-state index in [0.717, 1.165) is 31.0 Å². The Labute approximate surface area is 120 Å². The van der Waals surface area contributed by atoms with Gasteiger partial charge in [0, 0.05) is 13.2 Å². The molecule has 1 fully saturated rings. The van der Waals surface area contributed by atoms with E-state index in [0.29, 0.717) is 0 Å². The first-order valence-corrected chi connectivity index (χ1v) is 8.34. The van der Waals surface area contributed by atoms with Crippen LogP contribution in [0.2, 0.25) is 0 Å². The molecule has 112 valence electrons. The second-order valence-corrected chi connectivity index (χ2v) is 6.69. The number of rotatable bonds is 8. The third-order valence-corrected chi connectivity index (χ3v) is 4.64. The van der Waals surface area contributed by atoms with Gasteiger partial charge >= 0.3 is 0 Å². The van der Waals surface area contributed by atoms with Crippen molar-refractivity contribution in [2.75, 3.05) is 13.2 Å². The molecule has 1 saturated heterocycles. The maximum Gasteiger partial charge on any atom is 0.0496 e. The number of ether oxygens (including phenoxy) is 1. The third kappa shape index (κ3) is 7.15. The van der Waals surface area contributed by atoms with E-state index in [1.165, 1.54) is 50.5 Å². The molecule has 0 spiro atoms. The maximum absolute atomic E-state index is 5.60. The lowest BCUT2D eigenvalue weighted by Gasteiger charge is -2.31. The van der Waals surface area contributed by atoms with Crippen molar-refractivity contribution < 1.29 is 4.74 Å². The van der Waals surface area contributed by atoms with E-state index in [-0.39, 0.29) is 0 Å². The Morgan fingerprint density at radius 3 is 2.74 bits per heavy atom. The summed E-state index contributed by atoms with van der Waals surface area (Å²) in [5.41, 5.74) is 1.46. The quantitative estimate of drug-likeness (QED) is 0.519. The van der Waals surface area contributed by atoms with Gasteiger partial charge in [-0.1, -0.05) is 51.2 Å². The standard InChI is InChI=1S/C18H34O/c1-5-17-14-19-13-12-18(17)11-7-10-16(4)9-6-8-15(2)3/h8,16-18H,5-7,9-14H2,1-4H3. The van der Waals surface area contributed by atoms with Gasteiger partial charge in [-0.25, -0.2) is 0 Å². The van der Waals surface area contributed by atoms with Crippen LogP contribution in [0.25, 0.3) is 0 Å². The van der Waals surface area contributed by atoms with Crippen LogP contribution in [0, 0.1) is 17.8 Å². The molecule has 1 rings (SSSR count). The van der Waals surface area contributed by atoms with Crippen molar-refractivity contribution in [3.8, 4) is 0 Å². The van der Waals surface area contributed by atoms with Gasteiger partial charge in [-0.3, -0.25) is 0 Å². The summed E-state index contributed by atoms with van der Waals surface area (Å²) >= 11 is 0. The highest BCUT2D eigenvalue weighted by atomic mass is 16.5. The maximum atomic E-state index is 5.60. The molecule has 0 aromatic heterocycles. The van der Waals surface area contributed by atoms with Crippen molar-refractivity contribution in [1.82, 2.24) is 0 Å². The zero-order valence-corrected chi connectivity index (χ0v) is 13.6. The number of hydrogen-bond acceptors (Lipinski definition) is 1. The molecule has 0 aromatic carbocycles. The Morgan fingerprint density at radius 1 is 1.26 bits per heavy atom. The van der Waals surface area contributed by atoms with Crippen molar-refractivity contribution in [3.63, 3.8) is 0 Å². The lowest BCUT2D eigenvalue weighted by atomic mass is 9.82. The fourth-order valence-electron chi connectivity index (χ4n) is 3.20. The van der Waals surface area contributed by atoms with Gasteiger partial charge in [0.25, 0.3) is 0 Å². The molecule has 1 nitrogen and oxygen atoms in total. The Kier molecular flexibility index (Phi) is 8.45. The lowest BCUT2D eigenvalue weighted by molar-refractivity contribution is 0.0115. The zero-order chi connectivity index (χ0) is 14.1. The Balaban J connectivity index is 2.13. The van der Waals surface area contributed by atoms with Gasteiger partial charge in [-0.05, 0) is 50.9 Å². The molecule has 1 heterocycles. The van der Waals surface area contributed by atoms with Gasteiger partial charge in [-0.15, -0.1) is 0 Å². The molecule has 0 aromatic rings. The fourth-order valence-corrected chi connectivity index (χ4v) is 3.20. The van der Waals surface area contributed by atoms with Crippen LogP contribution < -0.4 is 0 Å². The lowest BCUT2D eigenvalue weighted by Crippen LogP contribution is -2.27. The van der Waals surface area contributed by atoms with Crippen molar-refractivity contribution in [1.29, 1.82) is 0 Å². The molecule has 3 atom stereocenters. The molecule has 19 heavy (non-hydrogen) atoms. The molecule has 1 heteroatoms. The summed E-state index contributed by atoms with van der Waals surface area (Å²) in [6.07, 6.45) is 11.8. The van der Waals surface area contributed by atoms with Crippen LogP contribution in [0.4, 0.5) is 0 Å². The normalized spacial score (nSPS) is 25.1. The predicted octanol–water partition coefficient (Wildman–Crippen LogP) is 5.60. The van der Waals surface area contributed by atoms with Crippen LogP contribution in [0.3, 0.4) is 0 Å². The molecular weight excluding hydrogens is 232 g/mol. The van der Waals surface area contributed by atoms with Crippen molar-refractivity contribution in [2.45, 2.75) is 72.6 Å². The Morgan fingerprint density at radius 2 is 2.05 bits per heavy atom. The summed E-state index contributed by atoms with van der Waals surface area (Å²) in [6.45, 7) is 11.1. The summed E-state index contributed by atoms with van der Waals surface area (Å²) in [4.78, 5) is 0. The van der Waals surface area contributed by atoms with E-state index in [4.69, 9.17) is 4.74 Å². The highest BCUT2D eigenvalue weighted by molar-refractivity contribution is 4.92. The van der Waals surface area contributed by atoms with Crippen LogP contribution in [-0.4, -0.2) is 13.2 Å². The second kappa shape index (κ2) is 9.58. The van der Waals surface area contributed by atoms with Gasteiger partial charge in [-0.2, -0.15) is 0 Å². The SMILES string of the molecule is CCC1COCCC1CCCC(C)CCC=C(C)C. The first-order chi connectivity index (χ1) is 9.13. The number of allylic oxidation sites excluding steroid dienone is 2. The van der Waals surface area contributed by atoms with Crippen LogP contribution >= 0.6 is 0 Å². The summed E-state index contributed by atoms with van der Waals surface area (Å²) in [5.74, 6) is 2.65. The van der Waals surface area contributed by atoms with Crippen LogP contribution in [0.5, 0.6) is 0 Å². The zero-order valence-electron chi connectivity index (χ0n) is 13.6. The van der Waals surface area contributed by atoms with Gasteiger partial charge in [0.2, 0.25) is 0 Å². The highest BCUT2D eigenvalue weighted by Gasteiger charge is 2.23. The molecule has 0 amide bonds. The van der Waals surface area contributed by atoms with Gasteiger partial charge in [0.1, 0.15) is 0 Å². The molecule has 0 saturated carbocycles. The predicted molar refractivity (Wildman–Crippen MR) is 84.4 cm³/mol. The van der Waals surface area contributed by atoms with Crippen molar-refractivity contribution in [3.05, 3.63) is 11.6 Å². The van der Waals surface area contributed by atoms with E-state index < -0.39 is 0 Å². The molecule has 0 aliphatic carbocycles. The smallest absolute Gasteiger partial charge is 0.0496 e.